The van der Waals surface area contributed by atoms with Crippen molar-refractivity contribution < 1.29 is 12.6 Å². The minimum Gasteiger partial charge on any atom is -0.481 e. The molecule has 22 heavy (non-hydrogen) atoms. The smallest absolute Gasteiger partial charge is 0.303 e. The first-order valence-corrected chi connectivity index (χ1v) is 8.34. The lowest BCUT2D eigenvalue weighted by atomic mass is 10.2. The van der Waals surface area contributed by atoms with Crippen molar-refractivity contribution in [2.24, 2.45) is 0 Å². The second-order valence-corrected chi connectivity index (χ2v) is 5.11. The number of rotatable bonds is 14. The van der Waals surface area contributed by atoms with E-state index in [2.05, 4.69) is 43.4 Å². The molecular formula is C20H32O2. The van der Waals surface area contributed by atoms with Gasteiger partial charge < -0.3 is 5.11 Å². The van der Waals surface area contributed by atoms with Crippen LogP contribution in [0.25, 0.3) is 0 Å². The summed E-state index contributed by atoms with van der Waals surface area (Å²) in [5.41, 5.74) is 0. The number of allylic oxidation sites excluding steroid dienone is 8. The number of aliphatic carboxylic acids is 1. The summed E-state index contributed by atoms with van der Waals surface area (Å²) in [5, 5.41) is 8.65. The maximum atomic E-state index is 10.6. The molecule has 0 aromatic carbocycles. The Kier molecular flexibility index (Phi) is 13.3. The summed E-state index contributed by atoms with van der Waals surface area (Å²) in [6, 6.07) is 0. The van der Waals surface area contributed by atoms with Crippen LogP contribution in [0.3, 0.4) is 0 Å². The summed E-state index contributed by atoms with van der Waals surface area (Å²) >= 11 is 0. The Morgan fingerprint density at radius 3 is 1.73 bits per heavy atom. The molecule has 0 aliphatic rings. The molecule has 0 heterocycles. The molecule has 0 aliphatic carbocycles. The lowest BCUT2D eigenvalue weighted by Crippen LogP contribution is -1.92. The quantitative estimate of drug-likeness (QED) is 0.306. The van der Waals surface area contributed by atoms with Gasteiger partial charge in [0.15, 0.2) is 0 Å². The average molecular weight is 306 g/mol. The fourth-order valence-corrected chi connectivity index (χ4v) is 1.82. The van der Waals surface area contributed by atoms with E-state index >= 15 is 0 Å². The number of carbonyl (C=O) groups is 1. The van der Waals surface area contributed by atoms with Gasteiger partial charge in [0.05, 0.1) is 0 Å². The minimum atomic E-state index is -2.13. The Balaban J connectivity index is 3.60. The number of carboxylic acids is 1. The Labute approximate surface area is 139 Å². The van der Waals surface area contributed by atoms with Crippen molar-refractivity contribution in [3.8, 4) is 0 Å². The molecule has 0 amide bonds. The Morgan fingerprint density at radius 2 is 1.27 bits per heavy atom. The summed E-state index contributed by atoms with van der Waals surface area (Å²) in [4.78, 5) is 10.6. The first kappa shape index (κ1) is 16.8. The highest BCUT2D eigenvalue weighted by Gasteiger charge is 1.92. The normalized spacial score (nSPS) is 14.4. The van der Waals surface area contributed by atoms with E-state index in [0.29, 0.717) is 6.42 Å². The van der Waals surface area contributed by atoms with Crippen LogP contribution in [0.1, 0.15) is 73.8 Å². The van der Waals surface area contributed by atoms with Crippen LogP contribution in [-0.2, 0) is 4.79 Å². The van der Waals surface area contributed by atoms with Gasteiger partial charge in [0.2, 0.25) is 0 Å². The highest BCUT2D eigenvalue weighted by Crippen LogP contribution is 2.01. The standard InChI is InChI=1S/C20H32O2/c1-2-3-4-5-6-7-8-9-10-11-12-13-14-15-16-17-18-19-20(21)22/h6-7,9-10,12-13,15-16H,2-5,8,11,14,17-19H2,1H3,(H,21,22)/b7-6-,10-9-,13-12-,16-15-/i19D2. The lowest BCUT2D eigenvalue weighted by Gasteiger charge is -1.90. The van der Waals surface area contributed by atoms with E-state index in [9.17, 15) is 4.79 Å². The predicted octanol–water partition coefficient (Wildman–Crippen LogP) is 6.22. The highest BCUT2D eigenvalue weighted by atomic mass is 16.4. The van der Waals surface area contributed by atoms with Gasteiger partial charge in [-0.1, -0.05) is 68.4 Å². The van der Waals surface area contributed by atoms with Crippen LogP contribution >= 0.6 is 0 Å². The summed E-state index contributed by atoms with van der Waals surface area (Å²) in [6.45, 7) is 2.22. The molecule has 0 saturated heterocycles. The Hall–Kier alpha value is -1.57. The van der Waals surface area contributed by atoms with Gasteiger partial charge in [-0.3, -0.25) is 4.79 Å². The molecule has 0 fully saturated rings. The van der Waals surface area contributed by atoms with E-state index in [1.807, 2.05) is 12.2 Å². The van der Waals surface area contributed by atoms with Crippen LogP contribution in [0.5, 0.6) is 0 Å². The lowest BCUT2D eigenvalue weighted by molar-refractivity contribution is -0.137. The van der Waals surface area contributed by atoms with Crippen LogP contribution in [-0.4, -0.2) is 11.1 Å². The van der Waals surface area contributed by atoms with E-state index < -0.39 is 12.3 Å². The molecule has 0 unspecified atom stereocenters. The van der Waals surface area contributed by atoms with Gasteiger partial charge in [-0.05, 0) is 44.9 Å². The maximum absolute atomic E-state index is 10.6. The summed E-state index contributed by atoms with van der Waals surface area (Å²) in [7, 11) is 0. The topological polar surface area (TPSA) is 37.3 Å². The number of unbranched alkanes of at least 4 members (excludes halogenated alkanes) is 3. The number of hydrogen-bond acceptors (Lipinski definition) is 1. The third-order valence-electron chi connectivity index (χ3n) is 3.04. The maximum Gasteiger partial charge on any atom is 0.303 e. The van der Waals surface area contributed by atoms with Crippen LogP contribution in [0.2, 0.25) is 0 Å². The molecular weight excluding hydrogens is 272 g/mol. The zero-order chi connectivity index (χ0) is 18.1. The molecule has 0 spiro atoms. The molecule has 124 valence electrons. The van der Waals surface area contributed by atoms with E-state index in [1.54, 1.807) is 0 Å². The van der Waals surface area contributed by atoms with Gasteiger partial charge in [0.25, 0.3) is 0 Å². The third-order valence-corrected chi connectivity index (χ3v) is 3.04. The van der Waals surface area contributed by atoms with Crippen LogP contribution in [0.4, 0.5) is 0 Å². The summed E-state index contributed by atoms with van der Waals surface area (Å²) < 4.78 is 14.5. The molecule has 0 saturated carbocycles. The number of carboxylic acid groups (broad SMARTS) is 1. The molecule has 2 nitrogen and oxygen atoms in total. The summed E-state index contributed by atoms with van der Waals surface area (Å²) in [6.07, 6.45) is 22.8. The van der Waals surface area contributed by atoms with Crippen molar-refractivity contribution in [1.29, 1.82) is 0 Å². The van der Waals surface area contributed by atoms with Gasteiger partial charge >= 0.3 is 5.97 Å². The van der Waals surface area contributed by atoms with Crippen molar-refractivity contribution in [2.45, 2.75) is 71.1 Å². The van der Waals surface area contributed by atoms with Crippen LogP contribution in [0, 0.1) is 0 Å². The van der Waals surface area contributed by atoms with Crippen LogP contribution in [0.15, 0.2) is 48.6 Å². The molecule has 0 atom stereocenters. The zero-order valence-corrected chi connectivity index (χ0v) is 13.8. The molecule has 0 aromatic heterocycles. The Bertz CT molecular complexity index is 435. The number of hydrogen-bond donors (Lipinski definition) is 1. The van der Waals surface area contributed by atoms with Crippen LogP contribution < -0.4 is 0 Å². The summed E-state index contributed by atoms with van der Waals surface area (Å²) in [5.74, 6) is -1.39. The van der Waals surface area contributed by atoms with Gasteiger partial charge in [0.1, 0.15) is 0 Å². The molecule has 0 rings (SSSR count). The van der Waals surface area contributed by atoms with E-state index in [0.717, 1.165) is 19.3 Å². The largest absolute Gasteiger partial charge is 0.481 e. The van der Waals surface area contributed by atoms with E-state index in [1.165, 1.54) is 25.7 Å². The predicted molar refractivity (Wildman–Crippen MR) is 96.0 cm³/mol. The monoisotopic (exact) mass is 306 g/mol. The van der Waals surface area contributed by atoms with Gasteiger partial charge in [-0.15, -0.1) is 0 Å². The van der Waals surface area contributed by atoms with Gasteiger partial charge in [-0.25, -0.2) is 0 Å². The second-order valence-electron chi connectivity index (χ2n) is 5.11. The third kappa shape index (κ3) is 18.4. The highest BCUT2D eigenvalue weighted by molar-refractivity contribution is 5.66. The zero-order valence-electron chi connectivity index (χ0n) is 15.8. The van der Waals surface area contributed by atoms with E-state index in [-0.39, 0.29) is 6.42 Å². The molecule has 0 radical (unpaired) electrons. The first-order valence-electron chi connectivity index (χ1n) is 9.34. The van der Waals surface area contributed by atoms with Crippen molar-refractivity contribution in [2.75, 3.05) is 0 Å². The van der Waals surface area contributed by atoms with Crippen molar-refractivity contribution in [3.05, 3.63) is 48.6 Å². The van der Waals surface area contributed by atoms with Crippen molar-refractivity contribution in [1.82, 2.24) is 0 Å². The molecule has 0 bridgehead atoms. The van der Waals surface area contributed by atoms with Gasteiger partial charge in [0, 0.05) is 9.11 Å². The molecule has 0 aliphatic heterocycles. The van der Waals surface area contributed by atoms with Gasteiger partial charge in [-0.2, -0.15) is 0 Å². The minimum absolute atomic E-state index is 0.0112. The Morgan fingerprint density at radius 1 is 0.818 bits per heavy atom. The second kappa shape index (κ2) is 17.5. The molecule has 2 heteroatoms. The average Bonchev–Trinajstić information content (AvgIpc) is 2.54. The SMILES string of the molecule is [2H]C([2H])(CC/C=C\C/C=C\C/C=C\C/C=C\CCCCC)C(=O)O. The van der Waals surface area contributed by atoms with E-state index in [4.69, 9.17) is 7.85 Å². The van der Waals surface area contributed by atoms with Crippen molar-refractivity contribution >= 4 is 5.97 Å². The molecule has 1 N–H and O–H groups in total. The molecule has 0 aromatic rings. The fraction of sp³-hybridized carbons (Fsp3) is 0.550. The fourth-order valence-electron chi connectivity index (χ4n) is 1.82. The van der Waals surface area contributed by atoms with Crippen molar-refractivity contribution in [3.63, 3.8) is 0 Å². The first-order chi connectivity index (χ1) is 11.5.